The van der Waals surface area contributed by atoms with E-state index >= 15 is 0 Å². The molecule has 0 aromatic carbocycles. The van der Waals surface area contributed by atoms with Crippen LogP contribution >= 0.6 is 12.4 Å². The predicted molar refractivity (Wildman–Crippen MR) is 85.5 cm³/mol. The van der Waals surface area contributed by atoms with E-state index in [1.54, 1.807) is 6.26 Å². The van der Waals surface area contributed by atoms with Gasteiger partial charge >= 0.3 is 0 Å². The van der Waals surface area contributed by atoms with Crippen LogP contribution in [0.25, 0.3) is 11.5 Å². The third kappa shape index (κ3) is 2.93. The topological polar surface area (TPSA) is 68.4 Å². The van der Waals surface area contributed by atoms with Gasteiger partial charge < -0.3 is 14.7 Å². The molecule has 2 aliphatic rings. The molecule has 1 aliphatic carbocycles. The minimum absolute atomic E-state index is 0. The van der Waals surface area contributed by atoms with Crippen LogP contribution in [-0.2, 0) is 6.54 Å². The summed E-state index contributed by atoms with van der Waals surface area (Å²) < 4.78 is 10.7. The molecule has 0 bridgehead atoms. The number of fused-ring (bicyclic) bond motifs is 1. The van der Waals surface area contributed by atoms with Gasteiger partial charge in [0.2, 0.25) is 5.76 Å². The van der Waals surface area contributed by atoms with Crippen molar-refractivity contribution in [3.05, 3.63) is 30.2 Å². The Hall–Kier alpha value is -1.30. The number of halogens is 1. The minimum Gasteiger partial charge on any atom is -0.461 e. The molecule has 1 saturated heterocycles. The van der Waals surface area contributed by atoms with Crippen molar-refractivity contribution in [3.63, 3.8) is 0 Å². The molecular formula is C16H22ClN3O2. The monoisotopic (exact) mass is 323 g/mol. The molecule has 3 heterocycles. The largest absolute Gasteiger partial charge is 0.461 e. The second-order valence-corrected chi connectivity index (χ2v) is 6.37. The number of furan rings is 1. The van der Waals surface area contributed by atoms with E-state index in [0.717, 1.165) is 37.0 Å². The number of hydrogen-bond acceptors (Lipinski definition) is 5. The summed E-state index contributed by atoms with van der Waals surface area (Å²) in [6.45, 7) is 3.07. The zero-order valence-electron chi connectivity index (χ0n) is 12.5. The van der Waals surface area contributed by atoms with Gasteiger partial charge in [-0.25, -0.2) is 0 Å². The maximum atomic E-state index is 6.27. The summed E-state index contributed by atoms with van der Waals surface area (Å²) in [4.78, 5) is 2.46. The third-order valence-electron chi connectivity index (χ3n) is 4.94. The highest BCUT2D eigenvalue weighted by Gasteiger charge is 2.38. The molecule has 3 atom stereocenters. The van der Waals surface area contributed by atoms with Crippen LogP contribution in [0.2, 0.25) is 0 Å². The lowest BCUT2D eigenvalue weighted by Crippen LogP contribution is -2.38. The van der Waals surface area contributed by atoms with Gasteiger partial charge in [-0.1, -0.05) is 11.6 Å². The predicted octanol–water partition coefficient (Wildman–Crippen LogP) is 2.92. The van der Waals surface area contributed by atoms with Crippen LogP contribution in [0.4, 0.5) is 0 Å². The van der Waals surface area contributed by atoms with Crippen molar-refractivity contribution in [2.45, 2.75) is 31.8 Å². The number of rotatable bonds is 3. The zero-order valence-corrected chi connectivity index (χ0v) is 13.3. The Morgan fingerprint density at radius 1 is 1.27 bits per heavy atom. The number of nitrogens with two attached hydrogens (primary N) is 1. The molecule has 1 aliphatic heterocycles. The maximum absolute atomic E-state index is 6.27. The lowest BCUT2D eigenvalue weighted by molar-refractivity contribution is 0.259. The smallest absolute Gasteiger partial charge is 0.202 e. The van der Waals surface area contributed by atoms with E-state index < -0.39 is 0 Å². The highest BCUT2D eigenvalue weighted by atomic mass is 35.5. The van der Waals surface area contributed by atoms with Crippen LogP contribution in [0.3, 0.4) is 0 Å². The van der Waals surface area contributed by atoms with E-state index in [-0.39, 0.29) is 12.4 Å². The average molecular weight is 324 g/mol. The van der Waals surface area contributed by atoms with Crippen LogP contribution in [0.5, 0.6) is 0 Å². The molecule has 0 radical (unpaired) electrons. The van der Waals surface area contributed by atoms with E-state index in [4.69, 9.17) is 14.7 Å². The van der Waals surface area contributed by atoms with Gasteiger partial charge in [-0.2, -0.15) is 0 Å². The number of hydrogen-bond donors (Lipinski definition) is 1. The first-order valence-corrected chi connectivity index (χ1v) is 7.77. The molecule has 120 valence electrons. The fourth-order valence-electron chi connectivity index (χ4n) is 3.89. The Morgan fingerprint density at radius 2 is 2.18 bits per heavy atom. The first-order valence-electron chi connectivity index (χ1n) is 7.77. The Labute approximate surface area is 136 Å². The molecule has 4 rings (SSSR count). The molecule has 2 aromatic rings. The van der Waals surface area contributed by atoms with Crippen LogP contribution in [0.15, 0.2) is 33.4 Å². The molecule has 22 heavy (non-hydrogen) atoms. The van der Waals surface area contributed by atoms with Crippen LogP contribution in [0, 0.1) is 11.8 Å². The molecule has 3 unspecified atom stereocenters. The first-order chi connectivity index (χ1) is 10.3. The van der Waals surface area contributed by atoms with Gasteiger partial charge in [0, 0.05) is 31.7 Å². The average Bonchev–Trinajstić information content (AvgIpc) is 3.18. The summed E-state index contributed by atoms with van der Waals surface area (Å²) in [5, 5.41) is 4.16. The quantitative estimate of drug-likeness (QED) is 0.940. The molecule has 6 heteroatoms. The molecule has 0 amide bonds. The molecule has 5 nitrogen and oxygen atoms in total. The van der Waals surface area contributed by atoms with Gasteiger partial charge in [-0.05, 0) is 36.8 Å². The summed E-state index contributed by atoms with van der Waals surface area (Å²) in [7, 11) is 0. The van der Waals surface area contributed by atoms with Crippen LogP contribution in [0.1, 0.15) is 25.0 Å². The summed E-state index contributed by atoms with van der Waals surface area (Å²) >= 11 is 0. The summed E-state index contributed by atoms with van der Waals surface area (Å²) in [6, 6.07) is 6.09. The van der Waals surface area contributed by atoms with E-state index in [9.17, 15) is 0 Å². The van der Waals surface area contributed by atoms with Gasteiger partial charge in [-0.3, -0.25) is 4.90 Å². The Kier molecular flexibility index (Phi) is 4.57. The lowest BCUT2D eigenvalue weighted by Gasteiger charge is -2.29. The Bertz CT molecular complexity index is 598. The summed E-state index contributed by atoms with van der Waals surface area (Å²) in [5.41, 5.74) is 7.24. The molecule has 2 fully saturated rings. The van der Waals surface area contributed by atoms with Crippen LogP contribution in [-0.4, -0.2) is 29.2 Å². The highest BCUT2D eigenvalue weighted by molar-refractivity contribution is 5.85. The standard InChI is InChI=1S/C16H21N3O2.ClH/c17-14-4-1-3-11-8-19(10-13(11)14)9-12-7-16(21-18-12)15-5-2-6-20-15;/h2,5-7,11,13-14H,1,3-4,8-10,17H2;1H. The normalized spacial score (nSPS) is 28.3. The van der Waals surface area contributed by atoms with E-state index in [1.165, 1.54) is 19.3 Å². The van der Waals surface area contributed by atoms with E-state index in [1.807, 2.05) is 18.2 Å². The molecule has 0 spiro atoms. The minimum atomic E-state index is 0. The zero-order chi connectivity index (χ0) is 14.2. The molecule has 2 N–H and O–H groups in total. The van der Waals surface area contributed by atoms with Crippen molar-refractivity contribution in [2.75, 3.05) is 13.1 Å². The summed E-state index contributed by atoms with van der Waals surface area (Å²) in [6.07, 6.45) is 5.43. The van der Waals surface area contributed by atoms with Gasteiger partial charge in [0.15, 0.2) is 5.76 Å². The van der Waals surface area contributed by atoms with Gasteiger partial charge in [-0.15, -0.1) is 12.4 Å². The second-order valence-electron chi connectivity index (χ2n) is 6.37. The van der Waals surface area contributed by atoms with Crippen molar-refractivity contribution < 1.29 is 8.94 Å². The Balaban J connectivity index is 0.00000144. The van der Waals surface area contributed by atoms with E-state index in [0.29, 0.717) is 17.7 Å². The van der Waals surface area contributed by atoms with Gasteiger partial charge in [0.1, 0.15) is 0 Å². The van der Waals surface area contributed by atoms with E-state index in [2.05, 4.69) is 10.1 Å². The fourth-order valence-corrected chi connectivity index (χ4v) is 3.89. The summed E-state index contributed by atoms with van der Waals surface area (Å²) in [5.74, 6) is 2.86. The maximum Gasteiger partial charge on any atom is 0.202 e. The van der Waals surface area contributed by atoms with Crippen molar-refractivity contribution >= 4 is 12.4 Å². The van der Waals surface area contributed by atoms with Crippen LogP contribution < -0.4 is 5.73 Å². The number of nitrogens with zero attached hydrogens (tertiary/aromatic N) is 2. The number of likely N-dealkylation sites (tertiary alicyclic amines) is 1. The molecular weight excluding hydrogens is 302 g/mol. The first kappa shape index (κ1) is 15.6. The third-order valence-corrected chi connectivity index (χ3v) is 4.94. The Morgan fingerprint density at radius 3 is 2.95 bits per heavy atom. The molecule has 1 saturated carbocycles. The number of aromatic nitrogens is 1. The van der Waals surface area contributed by atoms with Crippen molar-refractivity contribution in [3.8, 4) is 11.5 Å². The van der Waals surface area contributed by atoms with Crippen molar-refractivity contribution in [2.24, 2.45) is 17.6 Å². The highest BCUT2D eigenvalue weighted by Crippen LogP contribution is 2.36. The fraction of sp³-hybridized carbons (Fsp3) is 0.562. The lowest BCUT2D eigenvalue weighted by atomic mass is 9.78. The second kappa shape index (κ2) is 6.44. The van der Waals surface area contributed by atoms with Gasteiger partial charge in [0.05, 0.1) is 12.0 Å². The van der Waals surface area contributed by atoms with Gasteiger partial charge in [0.25, 0.3) is 0 Å². The van der Waals surface area contributed by atoms with Crippen molar-refractivity contribution in [1.29, 1.82) is 0 Å². The molecule has 2 aromatic heterocycles. The SMILES string of the molecule is Cl.NC1CCCC2CN(Cc3cc(-c4ccco4)on3)CC12. The van der Waals surface area contributed by atoms with Crippen molar-refractivity contribution in [1.82, 2.24) is 10.1 Å².